The van der Waals surface area contributed by atoms with E-state index in [0.29, 0.717) is 19.5 Å². The molecule has 0 radical (unpaired) electrons. The average Bonchev–Trinajstić information content (AvgIpc) is 2.37. The molecule has 4 N–H and O–H groups in total. The van der Waals surface area contributed by atoms with Gasteiger partial charge in [0, 0.05) is 13.0 Å². The van der Waals surface area contributed by atoms with E-state index in [9.17, 15) is 4.79 Å². The number of rotatable bonds is 8. The fraction of sp³-hybridized carbons (Fsp3) is 0.500. The van der Waals surface area contributed by atoms with E-state index in [1.807, 2.05) is 12.1 Å². The molecule has 0 bridgehead atoms. The van der Waals surface area contributed by atoms with E-state index in [0.717, 1.165) is 31.2 Å². The van der Waals surface area contributed by atoms with Gasteiger partial charge in [-0.2, -0.15) is 0 Å². The van der Waals surface area contributed by atoms with Crippen LogP contribution in [0.5, 0.6) is 5.75 Å². The van der Waals surface area contributed by atoms with Gasteiger partial charge in [0.1, 0.15) is 5.75 Å². The molecule has 0 heterocycles. The largest absolute Gasteiger partial charge is 0.508 e. The van der Waals surface area contributed by atoms with Crippen LogP contribution in [-0.2, 0) is 11.2 Å². The van der Waals surface area contributed by atoms with Crippen molar-refractivity contribution in [3.63, 3.8) is 0 Å². The summed E-state index contributed by atoms with van der Waals surface area (Å²) in [5.74, 6) is 0.369. The predicted octanol–water partition coefficient (Wildman–Crippen LogP) is 1.57. The van der Waals surface area contributed by atoms with Crippen molar-refractivity contribution >= 4 is 5.91 Å². The van der Waals surface area contributed by atoms with Crippen LogP contribution in [0.4, 0.5) is 0 Å². The summed E-state index contributed by atoms with van der Waals surface area (Å²) in [6.45, 7) is 1.34. The molecule has 0 spiro atoms. The third kappa shape index (κ3) is 6.25. The molecule has 4 heteroatoms. The number of carbonyl (C=O) groups excluding carboxylic acids is 1. The summed E-state index contributed by atoms with van der Waals surface area (Å²) in [6, 6.07) is 7.04. The van der Waals surface area contributed by atoms with Crippen molar-refractivity contribution in [2.45, 2.75) is 32.1 Å². The van der Waals surface area contributed by atoms with E-state index in [1.54, 1.807) is 12.1 Å². The van der Waals surface area contributed by atoms with Crippen LogP contribution in [0.3, 0.4) is 0 Å². The lowest BCUT2D eigenvalue weighted by Gasteiger charge is -2.05. The van der Waals surface area contributed by atoms with Gasteiger partial charge in [0.05, 0.1) is 0 Å². The SMILES string of the molecule is NCCCCCC(=O)NCCc1ccc(O)cc1. The van der Waals surface area contributed by atoms with E-state index in [1.165, 1.54) is 0 Å². The van der Waals surface area contributed by atoms with Gasteiger partial charge in [-0.1, -0.05) is 18.6 Å². The van der Waals surface area contributed by atoms with Crippen LogP contribution in [0.2, 0.25) is 0 Å². The van der Waals surface area contributed by atoms with Gasteiger partial charge < -0.3 is 16.2 Å². The Hall–Kier alpha value is -1.55. The second-order valence-electron chi connectivity index (χ2n) is 4.37. The van der Waals surface area contributed by atoms with Gasteiger partial charge >= 0.3 is 0 Å². The van der Waals surface area contributed by atoms with Crippen LogP contribution < -0.4 is 11.1 Å². The van der Waals surface area contributed by atoms with Gasteiger partial charge in [0.15, 0.2) is 0 Å². The highest BCUT2D eigenvalue weighted by Crippen LogP contribution is 2.09. The zero-order chi connectivity index (χ0) is 13.2. The highest BCUT2D eigenvalue weighted by Gasteiger charge is 2.00. The molecular formula is C14H22N2O2. The normalized spacial score (nSPS) is 10.3. The summed E-state index contributed by atoms with van der Waals surface area (Å²) in [5.41, 5.74) is 6.49. The number of amides is 1. The number of hydrogen-bond donors (Lipinski definition) is 3. The monoisotopic (exact) mass is 250 g/mol. The zero-order valence-corrected chi connectivity index (χ0v) is 10.7. The Bertz CT molecular complexity index is 349. The van der Waals surface area contributed by atoms with Crippen molar-refractivity contribution in [1.82, 2.24) is 5.32 Å². The molecule has 0 atom stereocenters. The number of phenols is 1. The molecule has 0 aliphatic carbocycles. The molecule has 0 unspecified atom stereocenters. The van der Waals surface area contributed by atoms with Crippen molar-refractivity contribution in [2.75, 3.05) is 13.1 Å². The molecule has 0 saturated carbocycles. The minimum absolute atomic E-state index is 0.103. The first-order chi connectivity index (χ1) is 8.72. The highest BCUT2D eigenvalue weighted by molar-refractivity contribution is 5.75. The maximum Gasteiger partial charge on any atom is 0.220 e. The molecule has 0 saturated heterocycles. The third-order valence-corrected chi connectivity index (χ3v) is 2.78. The molecule has 0 aliphatic heterocycles. The molecule has 1 amide bonds. The van der Waals surface area contributed by atoms with Crippen LogP contribution in [0.25, 0.3) is 0 Å². The second-order valence-corrected chi connectivity index (χ2v) is 4.37. The van der Waals surface area contributed by atoms with Crippen molar-refractivity contribution in [3.05, 3.63) is 29.8 Å². The molecule has 0 aliphatic rings. The standard InChI is InChI=1S/C14H22N2O2/c15-10-3-1-2-4-14(18)16-11-9-12-5-7-13(17)8-6-12/h5-8,17H,1-4,9-11,15H2,(H,16,18). The minimum Gasteiger partial charge on any atom is -0.508 e. The quantitative estimate of drug-likeness (QED) is 0.613. The first kappa shape index (κ1) is 14.5. The second kappa shape index (κ2) is 8.53. The van der Waals surface area contributed by atoms with Crippen LogP contribution in [0.1, 0.15) is 31.2 Å². The highest BCUT2D eigenvalue weighted by atomic mass is 16.3. The molecule has 0 aromatic heterocycles. The van der Waals surface area contributed by atoms with E-state index in [-0.39, 0.29) is 11.7 Å². The van der Waals surface area contributed by atoms with E-state index >= 15 is 0 Å². The molecule has 1 aromatic carbocycles. The summed E-state index contributed by atoms with van der Waals surface area (Å²) in [4.78, 5) is 11.5. The van der Waals surface area contributed by atoms with Crippen molar-refractivity contribution in [1.29, 1.82) is 0 Å². The lowest BCUT2D eigenvalue weighted by Crippen LogP contribution is -2.25. The van der Waals surface area contributed by atoms with Crippen molar-refractivity contribution < 1.29 is 9.90 Å². The Kier molecular flexibility index (Phi) is 6.87. The molecular weight excluding hydrogens is 228 g/mol. The van der Waals surface area contributed by atoms with E-state index in [4.69, 9.17) is 10.8 Å². The van der Waals surface area contributed by atoms with Gasteiger partial charge in [-0.25, -0.2) is 0 Å². The number of nitrogens with two attached hydrogens (primary N) is 1. The van der Waals surface area contributed by atoms with Gasteiger partial charge in [-0.15, -0.1) is 0 Å². The molecule has 1 aromatic rings. The lowest BCUT2D eigenvalue weighted by molar-refractivity contribution is -0.121. The number of carbonyl (C=O) groups is 1. The van der Waals surface area contributed by atoms with Crippen molar-refractivity contribution in [3.8, 4) is 5.75 Å². The van der Waals surface area contributed by atoms with Crippen LogP contribution >= 0.6 is 0 Å². The van der Waals surface area contributed by atoms with E-state index < -0.39 is 0 Å². The summed E-state index contributed by atoms with van der Waals surface area (Å²) in [7, 11) is 0. The average molecular weight is 250 g/mol. The molecule has 4 nitrogen and oxygen atoms in total. The van der Waals surface area contributed by atoms with Crippen LogP contribution in [-0.4, -0.2) is 24.1 Å². The Balaban J connectivity index is 2.10. The summed E-state index contributed by atoms with van der Waals surface area (Å²) < 4.78 is 0. The molecule has 18 heavy (non-hydrogen) atoms. The first-order valence-corrected chi connectivity index (χ1v) is 6.47. The zero-order valence-electron chi connectivity index (χ0n) is 10.7. The summed E-state index contributed by atoms with van der Waals surface area (Å²) >= 11 is 0. The smallest absolute Gasteiger partial charge is 0.220 e. The number of nitrogens with one attached hydrogen (secondary N) is 1. The molecule has 100 valence electrons. The van der Waals surface area contributed by atoms with Gasteiger partial charge in [0.2, 0.25) is 5.91 Å². The Labute approximate surface area is 108 Å². The minimum atomic E-state index is 0.103. The van der Waals surface area contributed by atoms with Crippen LogP contribution in [0.15, 0.2) is 24.3 Å². The Morgan fingerprint density at radius 3 is 2.56 bits per heavy atom. The topological polar surface area (TPSA) is 75.4 Å². The van der Waals surface area contributed by atoms with Gasteiger partial charge in [-0.05, 0) is 43.5 Å². The molecule has 0 fully saturated rings. The van der Waals surface area contributed by atoms with Crippen LogP contribution in [0, 0.1) is 0 Å². The maximum atomic E-state index is 11.5. The first-order valence-electron chi connectivity index (χ1n) is 6.47. The lowest BCUT2D eigenvalue weighted by atomic mass is 10.1. The summed E-state index contributed by atoms with van der Waals surface area (Å²) in [5, 5.41) is 12.0. The summed E-state index contributed by atoms with van der Waals surface area (Å²) in [6.07, 6.45) is 4.27. The molecule has 1 rings (SSSR count). The third-order valence-electron chi connectivity index (χ3n) is 2.78. The van der Waals surface area contributed by atoms with Gasteiger partial charge in [0.25, 0.3) is 0 Å². The number of hydrogen-bond acceptors (Lipinski definition) is 3. The van der Waals surface area contributed by atoms with Gasteiger partial charge in [-0.3, -0.25) is 4.79 Å². The number of phenolic OH excluding ortho intramolecular Hbond substituents is 1. The predicted molar refractivity (Wildman–Crippen MR) is 72.3 cm³/mol. The van der Waals surface area contributed by atoms with Crippen molar-refractivity contribution in [2.24, 2.45) is 5.73 Å². The maximum absolute atomic E-state index is 11.5. The van der Waals surface area contributed by atoms with E-state index in [2.05, 4.69) is 5.32 Å². The number of benzene rings is 1. The fourth-order valence-electron chi connectivity index (χ4n) is 1.70. The fourth-order valence-corrected chi connectivity index (χ4v) is 1.70. The Morgan fingerprint density at radius 1 is 1.17 bits per heavy atom. The number of aromatic hydroxyl groups is 1. The number of unbranched alkanes of at least 4 members (excludes halogenated alkanes) is 2. The Morgan fingerprint density at radius 2 is 1.89 bits per heavy atom.